The molecule has 31 heavy (non-hydrogen) atoms. The van der Waals surface area contributed by atoms with Gasteiger partial charge in [0.1, 0.15) is 11.3 Å². The van der Waals surface area contributed by atoms with Crippen molar-refractivity contribution in [2.45, 2.75) is 16.6 Å². The molecule has 0 aliphatic carbocycles. The number of halogens is 1. The second-order valence-corrected chi connectivity index (χ2v) is 9.86. The van der Waals surface area contributed by atoms with Gasteiger partial charge in [0, 0.05) is 26.4 Å². The molecule has 0 radical (unpaired) electrons. The normalized spacial score (nSPS) is 16.2. The summed E-state index contributed by atoms with van der Waals surface area (Å²) >= 11 is 5.45. The van der Waals surface area contributed by atoms with E-state index in [9.17, 15) is 0 Å². The second kappa shape index (κ2) is 7.70. The van der Waals surface area contributed by atoms with Crippen molar-refractivity contribution >= 4 is 60.8 Å². The van der Waals surface area contributed by atoms with Crippen molar-refractivity contribution in [1.29, 1.82) is 0 Å². The fraction of sp³-hybridized carbons (Fsp3) is 0.0741. The third kappa shape index (κ3) is 3.50. The van der Waals surface area contributed by atoms with Crippen molar-refractivity contribution in [2.24, 2.45) is 4.99 Å². The van der Waals surface area contributed by atoms with Crippen LogP contribution in [-0.2, 0) is 0 Å². The molecule has 4 heteroatoms. The first-order valence-corrected chi connectivity index (χ1v) is 11.9. The molecule has 1 atom stereocenters. The minimum Gasteiger partial charge on any atom is -0.455 e. The lowest BCUT2D eigenvalue weighted by molar-refractivity contribution is 0.602. The second-order valence-electron chi connectivity index (χ2n) is 7.70. The fourth-order valence-electron chi connectivity index (χ4n) is 4.23. The molecule has 0 saturated heterocycles. The maximum atomic E-state index is 6.24. The number of hydrogen-bond acceptors (Lipinski definition) is 3. The number of benzene rings is 4. The first-order valence-electron chi connectivity index (χ1n) is 10.2. The molecule has 0 bridgehead atoms. The quantitative estimate of drug-likeness (QED) is 0.250. The summed E-state index contributed by atoms with van der Waals surface area (Å²) in [6.07, 6.45) is 0.800. The molecule has 6 rings (SSSR count). The highest BCUT2D eigenvalue weighted by Crippen LogP contribution is 2.47. The van der Waals surface area contributed by atoms with Crippen molar-refractivity contribution in [1.82, 2.24) is 0 Å². The molecular formula is C27H18BrNOS. The molecule has 2 heterocycles. The minimum atomic E-state index is 0.244. The molecule has 2 nitrogen and oxygen atoms in total. The maximum Gasteiger partial charge on any atom is 0.149 e. The summed E-state index contributed by atoms with van der Waals surface area (Å²) in [5, 5.41) is 3.90. The molecule has 1 aliphatic rings. The highest BCUT2D eigenvalue weighted by molar-refractivity contribution is 9.10. The predicted molar refractivity (Wildman–Crippen MR) is 134 cm³/mol. The van der Waals surface area contributed by atoms with Crippen LogP contribution in [0.1, 0.15) is 23.0 Å². The largest absolute Gasteiger partial charge is 0.455 e. The molecule has 5 aromatic rings. The topological polar surface area (TPSA) is 25.5 Å². The van der Waals surface area contributed by atoms with E-state index >= 15 is 0 Å². The maximum absolute atomic E-state index is 6.24. The zero-order chi connectivity index (χ0) is 20.8. The monoisotopic (exact) mass is 483 g/mol. The van der Waals surface area contributed by atoms with E-state index < -0.39 is 0 Å². The van der Waals surface area contributed by atoms with Crippen molar-refractivity contribution in [3.63, 3.8) is 0 Å². The van der Waals surface area contributed by atoms with Crippen molar-refractivity contribution in [2.75, 3.05) is 0 Å². The van der Waals surface area contributed by atoms with Gasteiger partial charge in [0.2, 0.25) is 0 Å². The van der Waals surface area contributed by atoms with Gasteiger partial charge in [-0.2, -0.15) is 0 Å². The van der Waals surface area contributed by atoms with Gasteiger partial charge in [-0.05, 0) is 52.7 Å². The van der Waals surface area contributed by atoms with Crippen LogP contribution in [0.3, 0.4) is 0 Å². The van der Waals surface area contributed by atoms with Gasteiger partial charge >= 0.3 is 0 Å². The lowest BCUT2D eigenvalue weighted by Gasteiger charge is -2.18. The highest BCUT2D eigenvalue weighted by atomic mass is 79.9. The van der Waals surface area contributed by atoms with Crippen LogP contribution in [0.25, 0.3) is 21.7 Å². The Morgan fingerprint density at radius 2 is 1.68 bits per heavy atom. The molecule has 0 fully saturated rings. The van der Waals surface area contributed by atoms with Crippen LogP contribution in [0.4, 0.5) is 5.69 Å². The lowest BCUT2D eigenvalue weighted by Crippen LogP contribution is -2.05. The molecule has 0 saturated carbocycles. The van der Waals surface area contributed by atoms with Crippen LogP contribution in [0.15, 0.2) is 110 Å². The summed E-state index contributed by atoms with van der Waals surface area (Å²) in [6.45, 7) is 0. The zero-order valence-corrected chi connectivity index (χ0v) is 19.0. The number of hydrogen-bond donors (Lipinski definition) is 0. The summed E-state index contributed by atoms with van der Waals surface area (Å²) in [7, 11) is 0. The Morgan fingerprint density at radius 3 is 2.65 bits per heavy atom. The summed E-state index contributed by atoms with van der Waals surface area (Å²) in [6, 6.07) is 31.8. The number of fused-ring (bicyclic) bond motifs is 3. The van der Waals surface area contributed by atoms with Crippen molar-refractivity contribution in [3.8, 4) is 0 Å². The molecule has 0 amide bonds. The molecule has 1 aliphatic heterocycles. The Hall–Kier alpha value is -2.82. The number of rotatable bonds is 2. The Bertz CT molecular complexity index is 1460. The van der Waals surface area contributed by atoms with E-state index in [1.807, 2.05) is 23.9 Å². The van der Waals surface area contributed by atoms with E-state index in [0.29, 0.717) is 0 Å². The Kier molecular flexibility index (Phi) is 4.70. The number of thioether (sulfide) groups is 1. The van der Waals surface area contributed by atoms with Crippen molar-refractivity contribution < 1.29 is 4.42 Å². The highest BCUT2D eigenvalue weighted by Gasteiger charge is 2.25. The van der Waals surface area contributed by atoms with Gasteiger partial charge in [0.25, 0.3) is 0 Å². The van der Waals surface area contributed by atoms with Crippen LogP contribution in [-0.4, -0.2) is 5.71 Å². The average Bonchev–Trinajstić information content (AvgIpc) is 3.11. The number of furan rings is 1. The molecule has 4 aromatic carbocycles. The van der Waals surface area contributed by atoms with Crippen LogP contribution in [0.2, 0.25) is 0 Å². The van der Waals surface area contributed by atoms with E-state index in [1.165, 1.54) is 21.2 Å². The Labute approximate surface area is 193 Å². The Morgan fingerprint density at radius 1 is 0.839 bits per heavy atom. The lowest BCUT2D eigenvalue weighted by atomic mass is 9.98. The fourth-order valence-corrected chi connectivity index (χ4v) is 5.88. The van der Waals surface area contributed by atoms with Crippen LogP contribution < -0.4 is 0 Å². The predicted octanol–water partition coefficient (Wildman–Crippen LogP) is 8.71. The average molecular weight is 484 g/mol. The third-order valence-electron chi connectivity index (χ3n) is 5.70. The van der Waals surface area contributed by atoms with E-state index in [2.05, 4.69) is 94.8 Å². The first-order chi connectivity index (χ1) is 15.2. The smallest absolute Gasteiger partial charge is 0.149 e. The van der Waals surface area contributed by atoms with Gasteiger partial charge < -0.3 is 4.42 Å². The first kappa shape index (κ1) is 18.9. The van der Waals surface area contributed by atoms with Gasteiger partial charge in [-0.15, -0.1) is 11.8 Å². The molecular weight excluding hydrogens is 466 g/mol. The van der Waals surface area contributed by atoms with E-state index in [-0.39, 0.29) is 5.25 Å². The third-order valence-corrected chi connectivity index (χ3v) is 7.50. The standard InChI is InChI=1S/C27H18BrNOS/c28-19-12-13-24-18(14-19)15-25(30-24)23-16-27(31-26-11-4-3-10-22(26)29-23)21-9-5-7-17-6-1-2-8-20(17)21/h1-15,27H,16H2. The number of nitrogens with zero attached hydrogens (tertiary/aromatic N) is 1. The van der Waals surface area contributed by atoms with Crippen molar-refractivity contribution in [3.05, 3.63) is 107 Å². The van der Waals surface area contributed by atoms with Crippen LogP contribution in [0.5, 0.6) is 0 Å². The molecule has 1 aromatic heterocycles. The van der Waals surface area contributed by atoms with Gasteiger partial charge in [0.15, 0.2) is 0 Å². The Balaban J connectivity index is 1.51. The SMILES string of the molecule is Brc1ccc2oc(C3=Nc4ccccc4SC(c4cccc5ccccc45)C3)cc2c1. The summed E-state index contributed by atoms with van der Waals surface area (Å²) in [4.78, 5) is 6.28. The summed E-state index contributed by atoms with van der Waals surface area (Å²) < 4.78 is 7.29. The van der Waals surface area contributed by atoms with E-state index in [4.69, 9.17) is 9.41 Å². The molecule has 150 valence electrons. The summed E-state index contributed by atoms with van der Waals surface area (Å²) in [5.74, 6) is 0.843. The van der Waals surface area contributed by atoms with Gasteiger partial charge in [0.05, 0.1) is 11.4 Å². The van der Waals surface area contributed by atoms with E-state index in [1.54, 1.807) is 0 Å². The van der Waals surface area contributed by atoms with Crippen LogP contribution >= 0.6 is 27.7 Å². The molecule has 0 N–H and O–H groups in total. The van der Waals surface area contributed by atoms with Gasteiger partial charge in [-0.25, -0.2) is 4.99 Å². The number of para-hydroxylation sites is 1. The van der Waals surface area contributed by atoms with Gasteiger partial charge in [-0.1, -0.05) is 70.5 Å². The van der Waals surface area contributed by atoms with E-state index in [0.717, 1.165) is 39.0 Å². The minimum absolute atomic E-state index is 0.244. The van der Waals surface area contributed by atoms with Crippen LogP contribution in [0, 0.1) is 0 Å². The van der Waals surface area contributed by atoms with Gasteiger partial charge in [-0.3, -0.25) is 0 Å². The molecule has 0 spiro atoms. The molecule has 1 unspecified atom stereocenters. The zero-order valence-electron chi connectivity index (χ0n) is 16.6. The summed E-state index contributed by atoms with van der Waals surface area (Å²) in [5.41, 5.74) is 4.22. The number of aliphatic imine (C=N–C) groups is 1.